The van der Waals surface area contributed by atoms with E-state index in [0.717, 1.165) is 41.5 Å². The van der Waals surface area contributed by atoms with Gasteiger partial charge in [-0.15, -0.1) is 0 Å². The van der Waals surface area contributed by atoms with Crippen molar-refractivity contribution in [3.8, 4) is 23.7 Å². The first-order valence-corrected chi connectivity index (χ1v) is 12.3. The molecule has 0 atom stereocenters. The first-order valence-electron chi connectivity index (χ1n) is 12.3. The summed E-state index contributed by atoms with van der Waals surface area (Å²) in [5.41, 5.74) is 5.54. The van der Waals surface area contributed by atoms with Gasteiger partial charge in [-0.2, -0.15) is 0 Å². The van der Waals surface area contributed by atoms with Gasteiger partial charge in [-0.3, -0.25) is 0 Å². The van der Waals surface area contributed by atoms with Crippen molar-refractivity contribution in [3.63, 3.8) is 0 Å². The Morgan fingerprint density at radius 3 is 1.94 bits per heavy atom. The molecule has 3 rings (SSSR count). The molecule has 0 aliphatic heterocycles. The van der Waals surface area contributed by atoms with Crippen LogP contribution in [-0.4, -0.2) is 0 Å². The van der Waals surface area contributed by atoms with E-state index in [2.05, 4.69) is 61.8 Å². The fourth-order valence-electron chi connectivity index (χ4n) is 3.87. The lowest BCUT2D eigenvalue weighted by Gasteiger charge is -2.04. The maximum Gasteiger partial charge on any atom is 0.142 e. The molecule has 0 saturated heterocycles. The molecule has 0 bridgehead atoms. The van der Waals surface area contributed by atoms with Crippen LogP contribution in [0.15, 0.2) is 54.6 Å². The third kappa shape index (κ3) is 7.07. The summed E-state index contributed by atoms with van der Waals surface area (Å²) in [5.74, 6) is 10.9. The van der Waals surface area contributed by atoms with E-state index in [1.54, 1.807) is 0 Å². The average molecular weight is 455 g/mol. The normalized spacial score (nSPS) is 10.3. The van der Waals surface area contributed by atoms with Crippen molar-refractivity contribution in [2.75, 3.05) is 0 Å². The summed E-state index contributed by atoms with van der Waals surface area (Å²) in [6.07, 6.45) is 7.10. The topological polar surface area (TPSA) is 0 Å². The second-order valence-electron chi connectivity index (χ2n) is 8.56. The highest BCUT2D eigenvalue weighted by molar-refractivity contribution is 5.52. The zero-order chi connectivity index (χ0) is 24.3. The van der Waals surface area contributed by atoms with Crippen molar-refractivity contribution in [2.24, 2.45) is 0 Å². The third-order valence-electron chi connectivity index (χ3n) is 5.82. The molecular weight excluding hydrogens is 422 g/mol. The van der Waals surface area contributed by atoms with Gasteiger partial charge in [0.25, 0.3) is 0 Å². The Bertz CT molecular complexity index is 1200. The number of benzene rings is 3. The Morgan fingerprint density at radius 1 is 0.618 bits per heavy atom. The van der Waals surface area contributed by atoms with Crippen LogP contribution >= 0.6 is 0 Å². The molecule has 0 radical (unpaired) electrons. The van der Waals surface area contributed by atoms with E-state index in [9.17, 15) is 8.78 Å². The average Bonchev–Trinajstić information content (AvgIpc) is 2.83. The van der Waals surface area contributed by atoms with Gasteiger partial charge in [0.2, 0.25) is 0 Å². The number of aryl methyl sites for hydroxylation is 3. The van der Waals surface area contributed by atoms with E-state index in [0.29, 0.717) is 12.0 Å². The van der Waals surface area contributed by atoms with E-state index in [-0.39, 0.29) is 5.56 Å². The van der Waals surface area contributed by atoms with Gasteiger partial charge in [-0.25, -0.2) is 8.78 Å². The number of hydrogen-bond donors (Lipinski definition) is 0. The summed E-state index contributed by atoms with van der Waals surface area (Å²) >= 11 is 0. The van der Waals surface area contributed by atoms with Crippen LogP contribution in [0.5, 0.6) is 0 Å². The van der Waals surface area contributed by atoms with Crippen molar-refractivity contribution in [1.82, 2.24) is 0 Å². The molecule has 0 N–H and O–H groups in total. The second kappa shape index (κ2) is 12.8. The number of hydrogen-bond acceptors (Lipinski definition) is 0. The number of rotatable bonds is 7. The summed E-state index contributed by atoms with van der Waals surface area (Å²) in [6.45, 7) is 6.26. The van der Waals surface area contributed by atoms with Crippen LogP contribution in [0.4, 0.5) is 8.78 Å². The molecule has 0 heterocycles. The minimum atomic E-state index is -0.606. The van der Waals surface area contributed by atoms with E-state index >= 15 is 0 Å². The van der Waals surface area contributed by atoms with Gasteiger partial charge in [0.15, 0.2) is 0 Å². The molecule has 0 fully saturated rings. The van der Waals surface area contributed by atoms with Crippen LogP contribution in [-0.2, 0) is 19.3 Å². The Morgan fingerprint density at radius 2 is 1.29 bits per heavy atom. The van der Waals surface area contributed by atoms with Gasteiger partial charge in [-0.1, -0.05) is 75.8 Å². The van der Waals surface area contributed by atoms with Gasteiger partial charge in [0.05, 0.1) is 5.56 Å². The molecule has 174 valence electrons. The molecule has 0 aliphatic carbocycles. The first kappa shape index (κ1) is 25.3. The highest BCUT2D eigenvalue weighted by Gasteiger charge is 2.09. The minimum Gasteiger partial charge on any atom is -0.206 e. The van der Waals surface area contributed by atoms with Crippen molar-refractivity contribution >= 4 is 0 Å². The van der Waals surface area contributed by atoms with Crippen molar-refractivity contribution in [3.05, 3.63) is 105 Å². The van der Waals surface area contributed by atoms with Gasteiger partial charge < -0.3 is 0 Å². The second-order valence-corrected chi connectivity index (χ2v) is 8.56. The molecule has 34 heavy (non-hydrogen) atoms. The molecule has 0 aromatic heterocycles. The van der Waals surface area contributed by atoms with Crippen LogP contribution in [0, 0.1) is 35.3 Å². The largest absolute Gasteiger partial charge is 0.206 e. The van der Waals surface area contributed by atoms with Crippen molar-refractivity contribution in [2.45, 2.75) is 65.7 Å². The molecule has 0 nitrogen and oxygen atoms in total. The van der Waals surface area contributed by atoms with Gasteiger partial charge in [-0.05, 0) is 84.8 Å². The monoisotopic (exact) mass is 454 g/mol. The van der Waals surface area contributed by atoms with Crippen LogP contribution < -0.4 is 0 Å². The van der Waals surface area contributed by atoms with E-state index in [1.165, 1.54) is 37.0 Å². The predicted octanol–water partition coefficient (Wildman–Crippen LogP) is 8.01. The summed E-state index contributed by atoms with van der Waals surface area (Å²) in [5, 5.41) is 0. The third-order valence-corrected chi connectivity index (χ3v) is 5.82. The summed E-state index contributed by atoms with van der Waals surface area (Å²) in [6, 6.07) is 17.0. The van der Waals surface area contributed by atoms with Crippen LogP contribution in [0.2, 0.25) is 0 Å². The van der Waals surface area contributed by atoms with Gasteiger partial charge >= 0.3 is 0 Å². The molecule has 0 saturated carbocycles. The SMILES string of the molecule is CCCCCc1ccc(C#Cc2ccc(C#Cc3c(F)cc(CCC)cc3F)cc2CC)cc1. The maximum atomic E-state index is 14.3. The quantitative estimate of drug-likeness (QED) is 0.250. The molecular formula is C32H32F2. The fourth-order valence-corrected chi connectivity index (χ4v) is 3.87. The Hall–Kier alpha value is -3.36. The summed E-state index contributed by atoms with van der Waals surface area (Å²) in [4.78, 5) is 0. The molecule has 2 heteroatoms. The van der Waals surface area contributed by atoms with Gasteiger partial charge in [0.1, 0.15) is 11.6 Å². The smallest absolute Gasteiger partial charge is 0.142 e. The first-order chi connectivity index (χ1) is 16.5. The Kier molecular flexibility index (Phi) is 9.49. The van der Waals surface area contributed by atoms with Crippen LogP contribution in [0.25, 0.3) is 0 Å². The Balaban J connectivity index is 1.77. The molecule has 0 aliphatic rings. The number of unbranched alkanes of at least 4 members (excludes halogenated alkanes) is 2. The summed E-state index contributed by atoms with van der Waals surface area (Å²) in [7, 11) is 0. The zero-order valence-corrected chi connectivity index (χ0v) is 20.4. The van der Waals surface area contributed by atoms with Crippen LogP contribution in [0.3, 0.4) is 0 Å². The predicted molar refractivity (Wildman–Crippen MR) is 138 cm³/mol. The lowest BCUT2D eigenvalue weighted by molar-refractivity contribution is 0.573. The lowest BCUT2D eigenvalue weighted by atomic mass is 10.0. The van der Waals surface area contributed by atoms with Crippen molar-refractivity contribution < 1.29 is 8.78 Å². The Labute approximate surface area is 203 Å². The molecule has 3 aromatic rings. The highest BCUT2D eigenvalue weighted by Crippen LogP contribution is 2.17. The summed E-state index contributed by atoms with van der Waals surface area (Å²) < 4.78 is 28.7. The fraction of sp³-hybridized carbons (Fsp3) is 0.312. The standard InChI is InChI=1S/C32H32F2/c1-4-7-8-10-24-11-13-25(14-12-24)15-18-29-19-16-26(21-28(29)6-3)17-20-30-31(33)22-27(9-5-2)23-32(30)34/h11-14,16,19,21-23H,4-10H2,1-3H3. The molecule has 0 unspecified atom stereocenters. The highest BCUT2D eigenvalue weighted by atomic mass is 19.1. The zero-order valence-electron chi connectivity index (χ0n) is 20.4. The van der Waals surface area contributed by atoms with E-state index in [1.807, 2.05) is 25.1 Å². The lowest BCUT2D eigenvalue weighted by Crippen LogP contribution is -1.95. The number of halogens is 2. The maximum absolute atomic E-state index is 14.3. The van der Waals surface area contributed by atoms with Crippen LogP contribution in [0.1, 0.15) is 85.4 Å². The minimum absolute atomic E-state index is 0.181. The van der Waals surface area contributed by atoms with Gasteiger partial charge in [0, 0.05) is 16.7 Å². The van der Waals surface area contributed by atoms with E-state index in [4.69, 9.17) is 0 Å². The van der Waals surface area contributed by atoms with Crippen molar-refractivity contribution in [1.29, 1.82) is 0 Å². The van der Waals surface area contributed by atoms with E-state index < -0.39 is 11.6 Å². The molecule has 0 spiro atoms. The molecule has 0 amide bonds. The molecule has 3 aromatic carbocycles.